The van der Waals surface area contributed by atoms with Crippen LogP contribution in [0.25, 0.3) is 0 Å². The molecule has 1 fully saturated rings. The second kappa shape index (κ2) is 5.13. The van der Waals surface area contributed by atoms with Crippen molar-refractivity contribution in [2.75, 3.05) is 13.1 Å². The van der Waals surface area contributed by atoms with Gasteiger partial charge in [-0.15, -0.1) is 0 Å². The van der Waals surface area contributed by atoms with Crippen molar-refractivity contribution in [3.63, 3.8) is 0 Å². The summed E-state index contributed by atoms with van der Waals surface area (Å²) in [5.41, 5.74) is 0.258. The highest BCUT2D eigenvalue weighted by molar-refractivity contribution is 4.92. The van der Waals surface area contributed by atoms with E-state index >= 15 is 0 Å². The van der Waals surface area contributed by atoms with Crippen LogP contribution in [-0.4, -0.2) is 24.7 Å². The van der Waals surface area contributed by atoms with Crippen LogP contribution in [0.4, 0.5) is 0 Å². The average molecular weight is 198 g/mol. The molecule has 0 aliphatic heterocycles. The third-order valence-electron chi connectivity index (χ3n) is 2.77. The van der Waals surface area contributed by atoms with Crippen molar-refractivity contribution < 1.29 is 0 Å². The lowest BCUT2D eigenvalue weighted by Crippen LogP contribution is -2.40. The molecule has 1 rings (SSSR count). The van der Waals surface area contributed by atoms with Crippen molar-refractivity contribution in [3.8, 4) is 0 Å². The smallest absolute Gasteiger partial charge is 0.00996 e. The lowest BCUT2D eigenvalue weighted by atomic mass is 10.1. The van der Waals surface area contributed by atoms with Crippen LogP contribution in [0.2, 0.25) is 0 Å². The fourth-order valence-electron chi connectivity index (χ4n) is 1.88. The van der Waals surface area contributed by atoms with Crippen molar-refractivity contribution in [2.24, 2.45) is 5.92 Å². The fraction of sp³-hybridized carbons (Fsp3) is 1.00. The van der Waals surface area contributed by atoms with Crippen molar-refractivity contribution in [1.29, 1.82) is 0 Å². The number of nitrogens with one attached hydrogen (secondary N) is 2. The molecule has 0 aromatic rings. The van der Waals surface area contributed by atoms with E-state index in [0.717, 1.165) is 25.0 Å². The Hall–Kier alpha value is -0.0800. The van der Waals surface area contributed by atoms with Gasteiger partial charge in [-0.05, 0) is 39.5 Å². The summed E-state index contributed by atoms with van der Waals surface area (Å²) in [6.07, 6.45) is 4.15. The van der Waals surface area contributed by atoms with Crippen LogP contribution in [-0.2, 0) is 0 Å². The van der Waals surface area contributed by atoms with Gasteiger partial charge in [-0.3, -0.25) is 0 Å². The summed E-state index contributed by atoms with van der Waals surface area (Å²) in [5.74, 6) is 0.981. The Balaban J connectivity index is 1.91. The zero-order valence-electron chi connectivity index (χ0n) is 10.2. The van der Waals surface area contributed by atoms with E-state index in [2.05, 4.69) is 38.3 Å². The van der Waals surface area contributed by atoms with E-state index in [9.17, 15) is 0 Å². The molecule has 0 bridgehead atoms. The first kappa shape index (κ1) is 12.0. The summed E-state index contributed by atoms with van der Waals surface area (Å²) < 4.78 is 0. The topological polar surface area (TPSA) is 24.1 Å². The zero-order chi connectivity index (χ0) is 10.6. The van der Waals surface area contributed by atoms with Gasteiger partial charge in [-0.2, -0.15) is 0 Å². The van der Waals surface area contributed by atoms with Gasteiger partial charge in [0, 0.05) is 24.7 Å². The molecule has 0 aromatic carbocycles. The molecular formula is C12H26N2. The Labute approximate surface area is 88.8 Å². The van der Waals surface area contributed by atoms with Crippen molar-refractivity contribution in [2.45, 2.75) is 58.5 Å². The highest BCUT2D eigenvalue weighted by Crippen LogP contribution is 2.34. The second-order valence-corrected chi connectivity index (χ2v) is 5.52. The van der Waals surface area contributed by atoms with Crippen LogP contribution in [0.3, 0.4) is 0 Å². The zero-order valence-corrected chi connectivity index (χ0v) is 10.2. The summed E-state index contributed by atoms with van der Waals surface area (Å²) >= 11 is 0. The van der Waals surface area contributed by atoms with Gasteiger partial charge in [0.15, 0.2) is 0 Å². The van der Waals surface area contributed by atoms with Crippen LogP contribution in [0.5, 0.6) is 0 Å². The third kappa shape index (κ3) is 4.97. The standard InChI is InChI=1S/C12H26N2/c1-5-6-10-9-11(10)13-7-8-14-12(2,3)4/h10-11,13-14H,5-9H2,1-4H3. The Morgan fingerprint density at radius 2 is 1.93 bits per heavy atom. The minimum Gasteiger partial charge on any atom is -0.312 e. The maximum absolute atomic E-state index is 3.60. The SMILES string of the molecule is CCCC1CC1NCCNC(C)(C)C. The molecule has 2 atom stereocenters. The summed E-state index contributed by atoms with van der Waals surface area (Å²) in [5, 5.41) is 7.09. The Bertz CT molecular complexity index is 160. The molecular weight excluding hydrogens is 172 g/mol. The molecule has 14 heavy (non-hydrogen) atoms. The number of rotatable bonds is 6. The average Bonchev–Trinajstić information content (AvgIpc) is 2.77. The molecule has 0 amide bonds. The van der Waals surface area contributed by atoms with E-state index in [0.29, 0.717) is 0 Å². The first-order valence-electron chi connectivity index (χ1n) is 6.01. The highest BCUT2D eigenvalue weighted by atomic mass is 15.0. The van der Waals surface area contributed by atoms with Crippen LogP contribution in [0, 0.1) is 5.92 Å². The van der Waals surface area contributed by atoms with Crippen LogP contribution in [0.15, 0.2) is 0 Å². The van der Waals surface area contributed by atoms with E-state index in [-0.39, 0.29) is 5.54 Å². The predicted octanol–water partition coefficient (Wildman–Crippen LogP) is 2.15. The van der Waals surface area contributed by atoms with Crippen molar-refractivity contribution in [1.82, 2.24) is 10.6 Å². The molecule has 84 valence electrons. The Kier molecular flexibility index (Phi) is 4.39. The van der Waals surface area contributed by atoms with Gasteiger partial charge >= 0.3 is 0 Å². The van der Waals surface area contributed by atoms with E-state index < -0.39 is 0 Å². The molecule has 2 N–H and O–H groups in total. The quantitative estimate of drug-likeness (QED) is 0.639. The fourth-order valence-corrected chi connectivity index (χ4v) is 1.88. The lowest BCUT2D eigenvalue weighted by Gasteiger charge is -2.20. The maximum atomic E-state index is 3.60. The van der Waals surface area contributed by atoms with Gasteiger partial charge in [0.1, 0.15) is 0 Å². The van der Waals surface area contributed by atoms with Gasteiger partial charge in [0.05, 0.1) is 0 Å². The molecule has 0 heterocycles. The highest BCUT2D eigenvalue weighted by Gasteiger charge is 2.34. The minimum atomic E-state index is 0.258. The molecule has 1 saturated carbocycles. The van der Waals surface area contributed by atoms with Crippen LogP contribution >= 0.6 is 0 Å². The summed E-state index contributed by atoms with van der Waals surface area (Å²) in [6, 6.07) is 0.830. The van der Waals surface area contributed by atoms with Gasteiger partial charge in [-0.25, -0.2) is 0 Å². The van der Waals surface area contributed by atoms with Crippen LogP contribution < -0.4 is 10.6 Å². The molecule has 2 unspecified atom stereocenters. The normalized spacial score (nSPS) is 26.6. The first-order chi connectivity index (χ1) is 6.53. The third-order valence-corrected chi connectivity index (χ3v) is 2.77. The maximum Gasteiger partial charge on any atom is 0.00996 e. The van der Waals surface area contributed by atoms with E-state index in [1.54, 1.807) is 0 Å². The molecule has 2 heteroatoms. The van der Waals surface area contributed by atoms with Gasteiger partial charge in [0.2, 0.25) is 0 Å². The molecule has 2 nitrogen and oxygen atoms in total. The molecule has 0 radical (unpaired) electrons. The van der Waals surface area contributed by atoms with E-state index in [1.165, 1.54) is 19.3 Å². The Morgan fingerprint density at radius 3 is 2.50 bits per heavy atom. The molecule has 0 saturated heterocycles. The number of hydrogen-bond donors (Lipinski definition) is 2. The van der Waals surface area contributed by atoms with Crippen molar-refractivity contribution >= 4 is 0 Å². The predicted molar refractivity (Wildman–Crippen MR) is 62.6 cm³/mol. The summed E-state index contributed by atoms with van der Waals surface area (Å²) in [6.45, 7) is 11.1. The first-order valence-corrected chi connectivity index (χ1v) is 6.01. The Morgan fingerprint density at radius 1 is 1.21 bits per heavy atom. The van der Waals surface area contributed by atoms with E-state index in [4.69, 9.17) is 0 Å². The monoisotopic (exact) mass is 198 g/mol. The summed E-state index contributed by atoms with van der Waals surface area (Å²) in [7, 11) is 0. The molecule has 1 aliphatic rings. The minimum absolute atomic E-state index is 0.258. The molecule has 1 aliphatic carbocycles. The largest absolute Gasteiger partial charge is 0.312 e. The van der Waals surface area contributed by atoms with Gasteiger partial charge < -0.3 is 10.6 Å². The summed E-state index contributed by atoms with van der Waals surface area (Å²) in [4.78, 5) is 0. The second-order valence-electron chi connectivity index (χ2n) is 5.52. The van der Waals surface area contributed by atoms with Crippen LogP contribution in [0.1, 0.15) is 47.0 Å². The number of hydrogen-bond acceptors (Lipinski definition) is 2. The lowest BCUT2D eigenvalue weighted by molar-refractivity contribution is 0.419. The van der Waals surface area contributed by atoms with Crippen molar-refractivity contribution in [3.05, 3.63) is 0 Å². The van der Waals surface area contributed by atoms with Gasteiger partial charge in [0.25, 0.3) is 0 Å². The molecule has 0 spiro atoms. The van der Waals surface area contributed by atoms with E-state index in [1.807, 2.05) is 0 Å². The van der Waals surface area contributed by atoms with Gasteiger partial charge in [-0.1, -0.05) is 13.3 Å². The molecule has 0 aromatic heterocycles.